The molecule has 1 heterocycles. The van der Waals surface area contributed by atoms with E-state index in [0.29, 0.717) is 11.4 Å². The molecular formula is C21H20N4O2. The SMILES string of the molecule is CC(=O)Nc1ccc(NC(=O)/C(C#N)=C\N2CCCc3ccccc32)cc1. The topological polar surface area (TPSA) is 85.2 Å². The van der Waals surface area contributed by atoms with Crippen LogP contribution in [0.1, 0.15) is 18.9 Å². The first kappa shape index (κ1) is 18.2. The number of nitrogens with zero attached hydrogens (tertiary/aromatic N) is 2. The highest BCUT2D eigenvalue weighted by Crippen LogP contribution is 2.27. The van der Waals surface area contributed by atoms with Crippen molar-refractivity contribution in [2.75, 3.05) is 22.1 Å². The Balaban J connectivity index is 1.74. The van der Waals surface area contributed by atoms with Crippen molar-refractivity contribution in [1.29, 1.82) is 5.26 Å². The lowest BCUT2D eigenvalue weighted by molar-refractivity contribution is -0.114. The molecule has 2 aromatic rings. The third-order valence-electron chi connectivity index (χ3n) is 4.26. The Bertz CT molecular complexity index is 926. The molecule has 0 bridgehead atoms. The molecule has 136 valence electrons. The number of nitriles is 1. The van der Waals surface area contributed by atoms with Gasteiger partial charge in [-0.1, -0.05) is 18.2 Å². The first-order valence-electron chi connectivity index (χ1n) is 8.72. The summed E-state index contributed by atoms with van der Waals surface area (Å²) in [5.74, 6) is -0.629. The van der Waals surface area contributed by atoms with Crippen LogP contribution in [0.25, 0.3) is 0 Å². The zero-order valence-electron chi connectivity index (χ0n) is 15.0. The number of para-hydroxylation sites is 1. The highest BCUT2D eigenvalue weighted by atomic mass is 16.2. The highest BCUT2D eigenvalue weighted by Gasteiger charge is 2.17. The van der Waals surface area contributed by atoms with E-state index < -0.39 is 5.91 Å². The number of carbonyl (C=O) groups is 2. The van der Waals surface area contributed by atoms with Gasteiger partial charge in [0.25, 0.3) is 5.91 Å². The summed E-state index contributed by atoms with van der Waals surface area (Å²) in [5.41, 5.74) is 3.48. The minimum absolute atomic E-state index is 0.0395. The van der Waals surface area contributed by atoms with E-state index in [4.69, 9.17) is 0 Å². The summed E-state index contributed by atoms with van der Waals surface area (Å²) in [4.78, 5) is 25.5. The fourth-order valence-corrected chi connectivity index (χ4v) is 3.03. The van der Waals surface area contributed by atoms with Crippen LogP contribution in [0.3, 0.4) is 0 Å². The number of rotatable bonds is 4. The Morgan fingerprint density at radius 3 is 2.41 bits per heavy atom. The minimum Gasteiger partial charge on any atom is -0.346 e. The molecule has 0 fully saturated rings. The van der Waals surface area contributed by atoms with Crippen molar-refractivity contribution < 1.29 is 9.59 Å². The molecule has 0 saturated carbocycles. The first-order valence-corrected chi connectivity index (χ1v) is 8.72. The summed E-state index contributed by atoms with van der Waals surface area (Å²) in [6, 6.07) is 16.7. The summed E-state index contributed by atoms with van der Waals surface area (Å²) >= 11 is 0. The largest absolute Gasteiger partial charge is 0.346 e. The molecule has 1 aliphatic rings. The molecule has 0 saturated heterocycles. The molecule has 2 N–H and O–H groups in total. The van der Waals surface area contributed by atoms with E-state index in [1.54, 1.807) is 30.5 Å². The Kier molecular flexibility index (Phi) is 5.53. The van der Waals surface area contributed by atoms with E-state index in [1.807, 2.05) is 29.2 Å². The normalized spacial score (nSPS) is 13.3. The molecule has 0 unspecified atom stereocenters. The van der Waals surface area contributed by atoms with Crippen molar-refractivity contribution in [2.24, 2.45) is 0 Å². The van der Waals surface area contributed by atoms with Crippen LogP contribution in [-0.2, 0) is 16.0 Å². The Morgan fingerprint density at radius 2 is 1.74 bits per heavy atom. The van der Waals surface area contributed by atoms with Gasteiger partial charge in [0.1, 0.15) is 11.6 Å². The zero-order valence-corrected chi connectivity index (χ0v) is 15.0. The van der Waals surface area contributed by atoms with Crippen LogP contribution in [0.2, 0.25) is 0 Å². The van der Waals surface area contributed by atoms with Gasteiger partial charge in [0.2, 0.25) is 5.91 Å². The molecule has 6 nitrogen and oxygen atoms in total. The number of fused-ring (bicyclic) bond motifs is 1. The second kappa shape index (κ2) is 8.19. The van der Waals surface area contributed by atoms with Crippen molar-refractivity contribution in [2.45, 2.75) is 19.8 Å². The lowest BCUT2D eigenvalue weighted by Crippen LogP contribution is -2.26. The Labute approximate surface area is 158 Å². The van der Waals surface area contributed by atoms with E-state index in [9.17, 15) is 14.9 Å². The van der Waals surface area contributed by atoms with Crippen LogP contribution in [-0.4, -0.2) is 18.4 Å². The van der Waals surface area contributed by atoms with Crippen LogP contribution in [0.4, 0.5) is 17.1 Å². The summed E-state index contributed by atoms with van der Waals surface area (Å²) in [5, 5.41) is 14.8. The Morgan fingerprint density at radius 1 is 1.07 bits per heavy atom. The van der Waals surface area contributed by atoms with Crippen LogP contribution in [0.5, 0.6) is 0 Å². The average Bonchev–Trinajstić information content (AvgIpc) is 2.67. The van der Waals surface area contributed by atoms with E-state index in [0.717, 1.165) is 25.1 Å². The van der Waals surface area contributed by atoms with Crippen LogP contribution in [0.15, 0.2) is 60.3 Å². The van der Waals surface area contributed by atoms with Gasteiger partial charge < -0.3 is 15.5 Å². The number of aryl methyl sites for hydroxylation is 1. The molecule has 1 aliphatic heterocycles. The number of carbonyl (C=O) groups excluding carboxylic acids is 2. The standard InChI is InChI=1S/C21H20N4O2/c1-15(26)23-18-8-10-19(11-9-18)24-21(27)17(13-22)14-25-12-4-6-16-5-2-3-7-20(16)25/h2-3,5,7-11,14H,4,6,12H2,1H3,(H,23,26)(H,24,27)/b17-14-. The van der Waals surface area contributed by atoms with Crippen molar-refractivity contribution in [3.05, 3.63) is 65.9 Å². The molecule has 3 rings (SSSR count). The summed E-state index contributed by atoms with van der Waals surface area (Å²) in [7, 11) is 0. The number of anilines is 3. The molecule has 27 heavy (non-hydrogen) atoms. The first-order chi connectivity index (χ1) is 13.1. The van der Waals surface area contributed by atoms with E-state index in [-0.39, 0.29) is 11.5 Å². The van der Waals surface area contributed by atoms with Gasteiger partial charge in [-0.05, 0) is 48.7 Å². The van der Waals surface area contributed by atoms with Crippen molar-refractivity contribution >= 4 is 28.9 Å². The van der Waals surface area contributed by atoms with Gasteiger partial charge in [-0.15, -0.1) is 0 Å². The van der Waals surface area contributed by atoms with Gasteiger partial charge in [-0.25, -0.2) is 0 Å². The number of benzene rings is 2. The van der Waals surface area contributed by atoms with Gasteiger partial charge in [-0.3, -0.25) is 9.59 Å². The Hall–Kier alpha value is -3.59. The fraction of sp³-hybridized carbons (Fsp3) is 0.190. The molecule has 0 spiro atoms. The van der Waals surface area contributed by atoms with E-state index in [2.05, 4.69) is 16.7 Å². The van der Waals surface area contributed by atoms with E-state index >= 15 is 0 Å². The third-order valence-corrected chi connectivity index (χ3v) is 4.26. The predicted octanol–water partition coefficient (Wildman–Crippen LogP) is 3.44. The maximum atomic E-state index is 12.5. The maximum Gasteiger partial charge on any atom is 0.267 e. The van der Waals surface area contributed by atoms with Gasteiger partial charge in [0.05, 0.1) is 0 Å². The van der Waals surface area contributed by atoms with Gasteiger partial charge in [-0.2, -0.15) is 5.26 Å². The number of hydrogen-bond acceptors (Lipinski definition) is 4. The van der Waals surface area contributed by atoms with Crippen LogP contribution in [0, 0.1) is 11.3 Å². The average molecular weight is 360 g/mol. The lowest BCUT2D eigenvalue weighted by atomic mass is 10.0. The molecule has 0 aromatic heterocycles. The molecule has 2 amide bonds. The molecule has 0 aliphatic carbocycles. The molecule has 0 atom stereocenters. The minimum atomic E-state index is -0.465. The number of hydrogen-bond donors (Lipinski definition) is 2. The van der Waals surface area contributed by atoms with Crippen molar-refractivity contribution in [3.63, 3.8) is 0 Å². The van der Waals surface area contributed by atoms with Gasteiger partial charge >= 0.3 is 0 Å². The molecule has 6 heteroatoms. The number of amides is 2. The van der Waals surface area contributed by atoms with Gasteiger partial charge in [0.15, 0.2) is 0 Å². The monoisotopic (exact) mass is 360 g/mol. The van der Waals surface area contributed by atoms with Crippen molar-refractivity contribution in [1.82, 2.24) is 0 Å². The quantitative estimate of drug-likeness (QED) is 0.646. The second-order valence-corrected chi connectivity index (χ2v) is 6.29. The molecule has 0 radical (unpaired) electrons. The van der Waals surface area contributed by atoms with Gasteiger partial charge in [0, 0.05) is 36.7 Å². The fourth-order valence-electron chi connectivity index (χ4n) is 3.03. The maximum absolute atomic E-state index is 12.5. The van der Waals surface area contributed by atoms with Crippen LogP contribution >= 0.6 is 0 Å². The molecular weight excluding hydrogens is 340 g/mol. The van der Waals surface area contributed by atoms with E-state index in [1.165, 1.54) is 12.5 Å². The third kappa shape index (κ3) is 4.53. The summed E-state index contributed by atoms with van der Waals surface area (Å²) in [6.45, 7) is 2.19. The summed E-state index contributed by atoms with van der Waals surface area (Å²) < 4.78 is 0. The smallest absolute Gasteiger partial charge is 0.267 e. The molecule has 2 aromatic carbocycles. The zero-order chi connectivity index (χ0) is 19.2. The van der Waals surface area contributed by atoms with Crippen molar-refractivity contribution in [3.8, 4) is 6.07 Å². The summed E-state index contributed by atoms with van der Waals surface area (Å²) in [6.07, 6.45) is 3.58. The lowest BCUT2D eigenvalue weighted by Gasteiger charge is -2.28. The second-order valence-electron chi connectivity index (χ2n) is 6.29. The highest BCUT2D eigenvalue weighted by molar-refractivity contribution is 6.07. The predicted molar refractivity (Wildman–Crippen MR) is 105 cm³/mol. The number of nitrogens with one attached hydrogen (secondary N) is 2. The van der Waals surface area contributed by atoms with Crippen LogP contribution < -0.4 is 15.5 Å².